The third-order valence-electron chi connectivity index (χ3n) is 12.1. The first-order valence-corrected chi connectivity index (χ1v) is 24.3. The van der Waals surface area contributed by atoms with Gasteiger partial charge >= 0.3 is 0 Å². The number of aliphatic hydroxyl groups is 6. The van der Waals surface area contributed by atoms with Gasteiger partial charge in [0.25, 0.3) is 0 Å². The second kappa shape index (κ2) is 38.1. The Balaban J connectivity index is 2.35. The van der Waals surface area contributed by atoms with Gasteiger partial charge < -0.3 is 45.4 Å². The predicted octanol–water partition coefficient (Wildman–Crippen LogP) is 9.31. The molecular formula is C47H93NO9. The average Bonchev–Trinajstić information content (AvgIpc) is 3.21. The van der Waals surface area contributed by atoms with Crippen LogP contribution in [0.4, 0.5) is 0 Å². The quantitative estimate of drug-likeness (QED) is 0.0298. The van der Waals surface area contributed by atoms with Gasteiger partial charge in [-0.3, -0.25) is 4.79 Å². The summed E-state index contributed by atoms with van der Waals surface area (Å²) in [6, 6.07) is -0.887. The number of aliphatic hydroxyl groups excluding tert-OH is 6. The Morgan fingerprint density at radius 1 is 0.526 bits per heavy atom. The summed E-state index contributed by atoms with van der Waals surface area (Å²) in [5.74, 6) is -0.579. The number of unbranched alkanes of at least 4 members (excludes halogenated alkanes) is 30. The van der Waals surface area contributed by atoms with Gasteiger partial charge in [-0.2, -0.15) is 0 Å². The van der Waals surface area contributed by atoms with Crippen molar-refractivity contribution in [1.82, 2.24) is 5.32 Å². The van der Waals surface area contributed by atoms with Crippen LogP contribution in [0.5, 0.6) is 0 Å². The van der Waals surface area contributed by atoms with Gasteiger partial charge in [-0.15, -0.1) is 0 Å². The summed E-state index contributed by atoms with van der Waals surface area (Å²) in [6.07, 6.45) is 31.4. The van der Waals surface area contributed by atoms with Crippen molar-refractivity contribution in [2.45, 2.75) is 281 Å². The lowest BCUT2D eigenvalue weighted by atomic mass is 9.99. The highest BCUT2D eigenvalue weighted by Crippen LogP contribution is 2.23. The number of ether oxygens (including phenoxy) is 2. The molecular weight excluding hydrogens is 723 g/mol. The summed E-state index contributed by atoms with van der Waals surface area (Å²) in [7, 11) is 0. The van der Waals surface area contributed by atoms with Crippen molar-refractivity contribution < 1.29 is 44.9 Å². The lowest BCUT2D eigenvalue weighted by Crippen LogP contribution is -2.60. The Hall–Kier alpha value is -0.850. The minimum atomic E-state index is -1.59. The maximum absolute atomic E-state index is 13.1. The van der Waals surface area contributed by atoms with E-state index in [2.05, 4.69) is 19.2 Å². The predicted molar refractivity (Wildman–Crippen MR) is 232 cm³/mol. The molecule has 1 fully saturated rings. The fourth-order valence-electron chi connectivity index (χ4n) is 8.05. The van der Waals surface area contributed by atoms with Crippen LogP contribution in [-0.2, 0) is 14.3 Å². The van der Waals surface area contributed by atoms with Gasteiger partial charge in [-0.1, -0.05) is 219 Å². The van der Waals surface area contributed by atoms with Gasteiger partial charge in [-0.25, -0.2) is 0 Å². The molecule has 1 heterocycles. The molecule has 0 spiro atoms. The molecule has 1 saturated heterocycles. The van der Waals surface area contributed by atoms with Crippen molar-refractivity contribution in [1.29, 1.82) is 0 Å². The van der Waals surface area contributed by atoms with Crippen molar-refractivity contribution >= 4 is 5.91 Å². The monoisotopic (exact) mass is 816 g/mol. The Kier molecular flexibility index (Phi) is 36.2. The summed E-state index contributed by atoms with van der Waals surface area (Å²) in [4.78, 5) is 13.1. The molecule has 0 aromatic heterocycles. The summed E-state index contributed by atoms with van der Waals surface area (Å²) in [5, 5.41) is 64.9. The van der Waals surface area contributed by atoms with E-state index in [0.29, 0.717) is 12.8 Å². The van der Waals surface area contributed by atoms with Gasteiger partial charge in [0, 0.05) is 0 Å². The lowest BCUT2D eigenvalue weighted by Gasteiger charge is -2.40. The zero-order valence-corrected chi connectivity index (χ0v) is 37.0. The van der Waals surface area contributed by atoms with E-state index >= 15 is 0 Å². The third kappa shape index (κ3) is 28.3. The number of carbonyl (C=O) groups excluding carboxylic acids is 1. The highest BCUT2D eigenvalue weighted by Gasteiger charge is 2.44. The molecule has 1 amide bonds. The van der Waals surface area contributed by atoms with Crippen LogP contribution >= 0.6 is 0 Å². The minimum Gasteiger partial charge on any atom is -0.394 e. The average molecular weight is 816 g/mol. The lowest BCUT2D eigenvalue weighted by molar-refractivity contribution is -0.302. The molecule has 8 unspecified atom stereocenters. The van der Waals surface area contributed by atoms with E-state index in [1.54, 1.807) is 0 Å². The normalized spacial score (nSPS) is 21.4. The third-order valence-corrected chi connectivity index (χ3v) is 12.1. The molecule has 0 aromatic rings. The number of amides is 1. The van der Waals surface area contributed by atoms with Gasteiger partial charge in [-0.05, 0) is 12.8 Å². The van der Waals surface area contributed by atoms with Crippen LogP contribution in [-0.4, -0.2) is 98.7 Å². The smallest absolute Gasteiger partial charge is 0.249 e. The zero-order valence-electron chi connectivity index (χ0n) is 37.0. The second-order valence-electron chi connectivity index (χ2n) is 17.4. The first-order valence-electron chi connectivity index (χ1n) is 24.3. The van der Waals surface area contributed by atoms with Gasteiger partial charge in [0.2, 0.25) is 5.91 Å². The van der Waals surface area contributed by atoms with Gasteiger partial charge in [0.05, 0.1) is 25.4 Å². The molecule has 10 nitrogen and oxygen atoms in total. The van der Waals surface area contributed by atoms with Gasteiger partial charge in [0.15, 0.2) is 6.29 Å². The highest BCUT2D eigenvalue weighted by molar-refractivity contribution is 5.80. The molecule has 340 valence electrons. The Labute approximate surface area is 349 Å². The topological polar surface area (TPSA) is 169 Å². The van der Waals surface area contributed by atoms with Gasteiger partial charge in [0.1, 0.15) is 30.5 Å². The highest BCUT2D eigenvalue weighted by atomic mass is 16.7. The number of hydrogen-bond acceptors (Lipinski definition) is 9. The van der Waals surface area contributed by atoms with Crippen molar-refractivity contribution in [3.63, 3.8) is 0 Å². The van der Waals surface area contributed by atoms with E-state index in [9.17, 15) is 35.4 Å². The number of nitrogens with one attached hydrogen (secondary N) is 1. The van der Waals surface area contributed by atoms with E-state index in [0.717, 1.165) is 38.5 Å². The summed E-state index contributed by atoms with van der Waals surface area (Å²) in [5.41, 5.74) is 0. The largest absolute Gasteiger partial charge is 0.394 e. The van der Waals surface area contributed by atoms with Crippen molar-refractivity contribution in [2.24, 2.45) is 0 Å². The second-order valence-corrected chi connectivity index (χ2v) is 17.4. The maximum atomic E-state index is 13.1. The molecule has 0 aliphatic carbocycles. The molecule has 0 saturated carbocycles. The fraction of sp³-hybridized carbons (Fsp3) is 0.979. The van der Waals surface area contributed by atoms with Crippen LogP contribution < -0.4 is 5.32 Å². The Bertz CT molecular complexity index is 880. The fourth-order valence-corrected chi connectivity index (χ4v) is 8.05. The minimum absolute atomic E-state index is 0.250. The number of carbonyl (C=O) groups is 1. The van der Waals surface area contributed by atoms with Crippen molar-refractivity contribution in [3.05, 3.63) is 0 Å². The molecule has 1 aliphatic heterocycles. The zero-order chi connectivity index (χ0) is 41.8. The van der Waals surface area contributed by atoms with Crippen LogP contribution in [0.1, 0.15) is 232 Å². The van der Waals surface area contributed by atoms with Crippen LogP contribution in [0.25, 0.3) is 0 Å². The molecule has 8 atom stereocenters. The molecule has 0 radical (unpaired) electrons. The Morgan fingerprint density at radius 3 is 1.25 bits per heavy atom. The molecule has 57 heavy (non-hydrogen) atoms. The van der Waals surface area contributed by atoms with Crippen molar-refractivity contribution in [2.75, 3.05) is 13.2 Å². The SMILES string of the molecule is CCCCCCCCCCCCCCCCCCCC(O)C(=O)NC(COC1OC(CO)C(O)C(O)C1O)C(O)CCCCCCCCCCCCCCCCC. The van der Waals surface area contributed by atoms with E-state index in [4.69, 9.17) is 9.47 Å². The van der Waals surface area contributed by atoms with Crippen molar-refractivity contribution in [3.8, 4) is 0 Å². The number of rotatable bonds is 41. The molecule has 7 N–H and O–H groups in total. The van der Waals surface area contributed by atoms with Crippen LogP contribution in [0.3, 0.4) is 0 Å². The first-order chi connectivity index (χ1) is 27.8. The van der Waals surface area contributed by atoms with E-state index < -0.39 is 61.5 Å². The van der Waals surface area contributed by atoms with Crippen LogP contribution in [0, 0.1) is 0 Å². The van der Waals surface area contributed by atoms with E-state index in [1.807, 2.05) is 0 Å². The first kappa shape index (κ1) is 54.2. The van der Waals surface area contributed by atoms with E-state index in [1.165, 1.54) is 167 Å². The Morgan fingerprint density at radius 2 is 0.877 bits per heavy atom. The molecule has 1 aliphatic rings. The molecule has 0 aromatic carbocycles. The molecule has 10 heteroatoms. The summed E-state index contributed by atoms with van der Waals surface area (Å²) < 4.78 is 11.2. The molecule has 0 bridgehead atoms. The summed E-state index contributed by atoms with van der Waals surface area (Å²) in [6.45, 7) is 3.69. The summed E-state index contributed by atoms with van der Waals surface area (Å²) >= 11 is 0. The van der Waals surface area contributed by atoms with Crippen LogP contribution in [0.2, 0.25) is 0 Å². The standard InChI is InChI=1S/C47H93NO9/c1-3-5-7-9-11-13-15-17-19-20-22-24-26-28-30-32-34-36-41(51)46(55)48-39(38-56-47-45(54)44(53)43(52)42(37-49)57-47)40(50)35-33-31-29-27-25-23-21-18-16-14-12-10-8-6-4-2/h39-45,47,49-54H,3-38H2,1-2H3,(H,48,55). The number of hydrogen-bond donors (Lipinski definition) is 7. The maximum Gasteiger partial charge on any atom is 0.249 e. The molecule has 1 rings (SSSR count). The van der Waals surface area contributed by atoms with Crippen LogP contribution in [0.15, 0.2) is 0 Å². The van der Waals surface area contributed by atoms with E-state index in [-0.39, 0.29) is 6.61 Å².